The fraction of sp³-hybridized carbons (Fsp3) is 0.833. The summed E-state index contributed by atoms with van der Waals surface area (Å²) >= 11 is 0. The lowest BCUT2D eigenvalue weighted by Gasteiger charge is -2.35. The molecule has 0 spiro atoms. The Labute approximate surface area is 107 Å². The van der Waals surface area contributed by atoms with Crippen LogP contribution in [0.4, 0.5) is 0 Å². The van der Waals surface area contributed by atoms with E-state index in [1.54, 1.807) is 0 Å². The number of hydrogen-bond acceptors (Lipinski definition) is 4. The standard InChI is InChI=1S/C12H22N2O4/c1-2-12(4-3-5-13-9-12)11(17)14-6-7-18-8-10(15)16/h13H,2-9H2,1H3,(H,14,17)(H,15,16). The molecule has 0 saturated carbocycles. The van der Waals surface area contributed by atoms with Crippen molar-refractivity contribution in [1.29, 1.82) is 0 Å². The Morgan fingerprint density at radius 2 is 2.28 bits per heavy atom. The quantitative estimate of drug-likeness (QED) is 0.559. The molecule has 0 aromatic rings. The predicted molar refractivity (Wildman–Crippen MR) is 66.3 cm³/mol. The predicted octanol–water partition coefficient (Wildman–Crippen LogP) is -0.0164. The number of aliphatic carboxylic acids is 1. The molecule has 0 aromatic heterocycles. The molecule has 1 rings (SSSR count). The molecule has 104 valence electrons. The summed E-state index contributed by atoms with van der Waals surface area (Å²) < 4.78 is 4.87. The summed E-state index contributed by atoms with van der Waals surface area (Å²) in [6, 6.07) is 0. The van der Waals surface area contributed by atoms with Gasteiger partial charge in [0.1, 0.15) is 6.61 Å². The molecule has 6 nitrogen and oxygen atoms in total. The zero-order valence-corrected chi connectivity index (χ0v) is 10.8. The van der Waals surface area contributed by atoms with Gasteiger partial charge in [-0.2, -0.15) is 0 Å². The van der Waals surface area contributed by atoms with Gasteiger partial charge >= 0.3 is 5.97 Å². The molecule has 0 aromatic carbocycles. The second-order valence-electron chi connectivity index (χ2n) is 4.62. The van der Waals surface area contributed by atoms with Crippen LogP contribution in [0, 0.1) is 5.41 Å². The normalized spacial score (nSPS) is 23.6. The second-order valence-corrected chi connectivity index (χ2v) is 4.62. The van der Waals surface area contributed by atoms with E-state index in [2.05, 4.69) is 10.6 Å². The summed E-state index contributed by atoms with van der Waals surface area (Å²) in [4.78, 5) is 22.3. The van der Waals surface area contributed by atoms with E-state index in [1.165, 1.54) is 0 Å². The Bertz CT molecular complexity index is 288. The summed E-state index contributed by atoms with van der Waals surface area (Å²) in [6.45, 7) is 3.96. The van der Waals surface area contributed by atoms with Crippen molar-refractivity contribution in [2.75, 3.05) is 32.8 Å². The minimum absolute atomic E-state index is 0.0381. The molecule has 6 heteroatoms. The summed E-state index contributed by atoms with van der Waals surface area (Å²) in [5.74, 6) is -0.959. The fourth-order valence-electron chi connectivity index (χ4n) is 2.21. The zero-order chi connectivity index (χ0) is 13.4. The first-order chi connectivity index (χ1) is 8.60. The van der Waals surface area contributed by atoms with Crippen LogP contribution in [0.2, 0.25) is 0 Å². The van der Waals surface area contributed by atoms with E-state index in [0.29, 0.717) is 13.1 Å². The lowest BCUT2D eigenvalue weighted by molar-refractivity contribution is -0.142. The van der Waals surface area contributed by atoms with Crippen LogP contribution in [0.5, 0.6) is 0 Å². The SMILES string of the molecule is CCC1(C(=O)NCCOCC(=O)O)CCCNC1. The minimum atomic E-state index is -0.997. The molecule has 0 bridgehead atoms. The molecule has 1 unspecified atom stereocenters. The summed E-state index contributed by atoms with van der Waals surface area (Å²) in [5, 5.41) is 14.5. The lowest BCUT2D eigenvalue weighted by Crippen LogP contribution is -2.50. The van der Waals surface area contributed by atoms with Crippen molar-refractivity contribution in [2.24, 2.45) is 5.41 Å². The maximum Gasteiger partial charge on any atom is 0.329 e. The smallest absolute Gasteiger partial charge is 0.329 e. The molecular formula is C12H22N2O4. The number of rotatable bonds is 7. The Kier molecular flexibility index (Phi) is 6.07. The molecule has 0 aliphatic carbocycles. The van der Waals surface area contributed by atoms with Gasteiger partial charge in [0.25, 0.3) is 0 Å². The first kappa shape index (κ1) is 14.9. The third kappa shape index (κ3) is 4.27. The largest absolute Gasteiger partial charge is 0.480 e. The molecule has 1 aliphatic heterocycles. The fourth-order valence-corrected chi connectivity index (χ4v) is 2.21. The number of carboxylic acid groups (broad SMARTS) is 1. The van der Waals surface area contributed by atoms with Crippen LogP contribution in [0.15, 0.2) is 0 Å². The molecule has 1 heterocycles. The van der Waals surface area contributed by atoms with E-state index < -0.39 is 5.97 Å². The molecule has 1 amide bonds. The molecular weight excluding hydrogens is 236 g/mol. The highest BCUT2D eigenvalue weighted by molar-refractivity contribution is 5.83. The third-order valence-electron chi connectivity index (χ3n) is 3.39. The Morgan fingerprint density at radius 3 is 2.83 bits per heavy atom. The number of carbonyl (C=O) groups excluding carboxylic acids is 1. The summed E-state index contributed by atoms with van der Waals surface area (Å²) in [5.41, 5.74) is -0.314. The van der Waals surface area contributed by atoms with Gasteiger partial charge in [-0.05, 0) is 25.8 Å². The van der Waals surface area contributed by atoms with Crippen molar-refractivity contribution in [3.63, 3.8) is 0 Å². The van der Waals surface area contributed by atoms with Crippen LogP contribution < -0.4 is 10.6 Å². The highest BCUT2D eigenvalue weighted by Crippen LogP contribution is 2.29. The van der Waals surface area contributed by atoms with Gasteiger partial charge < -0.3 is 20.5 Å². The lowest BCUT2D eigenvalue weighted by atomic mass is 9.77. The Balaban J connectivity index is 2.27. The van der Waals surface area contributed by atoms with Gasteiger partial charge in [0, 0.05) is 13.1 Å². The van der Waals surface area contributed by atoms with E-state index in [4.69, 9.17) is 9.84 Å². The van der Waals surface area contributed by atoms with Gasteiger partial charge in [-0.1, -0.05) is 6.92 Å². The van der Waals surface area contributed by atoms with Crippen LogP contribution in [0.25, 0.3) is 0 Å². The number of hydrogen-bond donors (Lipinski definition) is 3. The average Bonchev–Trinajstić information content (AvgIpc) is 2.38. The van der Waals surface area contributed by atoms with E-state index in [0.717, 1.165) is 25.8 Å². The number of carbonyl (C=O) groups is 2. The van der Waals surface area contributed by atoms with Gasteiger partial charge in [0.2, 0.25) is 5.91 Å². The number of piperidine rings is 1. The van der Waals surface area contributed by atoms with Crippen LogP contribution in [0.3, 0.4) is 0 Å². The number of amides is 1. The first-order valence-corrected chi connectivity index (χ1v) is 6.39. The van der Waals surface area contributed by atoms with Crippen molar-refractivity contribution >= 4 is 11.9 Å². The zero-order valence-electron chi connectivity index (χ0n) is 10.8. The molecule has 18 heavy (non-hydrogen) atoms. The molecule has 1 aliphatic rings. The van der Waals surface area contributed by atoms with Crippen molar-refractivity contribution in [2.45, 2.75) is 26.2 Å². The van der Waals surface area contributed by atoms with E-state index >= 15 is 0 Å². The second kappa shape index (κ2) is 7.33. The highest BCUT2D eigenvalue weighted by Gasteiger charge is 2.37. The monoisotopic (exact) mass is 258 g/mol. The van der Waals surface area contributed by atoms with Gasteiger partial charge in [0.05, 0.1) is 12.0 Å². The van der Waals surface area contributed by atoms with Crippen LogP contribution in [-0.4, -0.2) is 49.8 Å². The van der Waals surface area contributed by atoms with E-state index in [1.807, 2.05) is 6.92 Å². The molecule has 1 atom stereocenters. The van der Waals surface area contributed by atoms with Gasteiger partial charge in [-0.25, -0.2) is 4.79 Å². The highest BCUT2D eigenvalue weighted by atomic mass is 16.5. The molecule has 0 radical (unpaired) electrons. The van der Waals surface area contributed by atoms with Crippen LogP contribution >= 0.6 is 0 Å². The Hall–Kier alpha value is -1.14. The summed E-state index contributed by atoms with van der Waals surface area (Å²) in [7, 11) is 0. The van der Waals surface area contributed by atoms with Crippen molar-refractivity contribution in [3.8, 4) is 0 Å². The first-order valence-electron chi connectivity index (χ1n) is 6.39. The minimum Gasteiger partial charge on any atom is -0.480 e. The van der Waals surface area contributed by atoms with Gasteiger partial charge in [0.15, 0.2) is 0 Å². The van der Waals surface area contributed by atoms with Gasteiger partial charge in [-0.3, -0.25) is 4.79 Å². The number of nitrogens with one attached hydrogen (secondary N) is 2. The summed E-state index contributed by atoms with van der Waals surface area (Å²) in [6.07, 6.45) is 2.72. The van der Waals surface area contributed by atoms with Crippen molar-refractivity contribution < 1.29 is 19.4 Å². The Morgan fingerprint density at radius 1 is 1.50 bits per heavy atom. The molecule has 1 fully saturated rings. The van der Waals surface area contributed by atoms with Crippen LogP contribution in [0.1, 0.15) is 26.2 Å². The van der Waals surface area contributed by atoms with Crippen molar-refractivity contribution in [1.82, 2.24) is 10.6 Å². The molecule has 3 N–H and O–H groups in total. The van der Waals surface area contributed by atoms with E-state index in [-0.39, 0.29) is 24.5 Å². The maximum absolute atomic E-state index is 12.1. The van der Waals surface area contributed by atoms with Gasteiger partial charge in [-0.15, -0.1) is 0 Å². The van der Waals surface area contributed by atoms with Crippen LogP contribution in [-0.2, 0) is 14.3 Å². The number of ether oxygens (including phenoxy) is 1. The molecule has 1 saturated heterocycles. The topological polar surface area (TPSA) is 87.7 Å². The van der Waals surface area contributed by atoms with E-state index in [9.17, 15) is 9.59 Å². The van der Waals surface area contributed by atoms with Crippen molar-refractivity contribution in [3.05, 3.63) is 0 Å². The third-order valence-corrected chi connectivity index (χ3v) is 3.39. The number of carboxylic acids is 1. The maximum atomic E-state index is 12.1. The average molecular weight is 258 g/mol.